The van der Waals surface area contributed by atoms with Gasteiger partial charge in [-0.3, -0.25) is 9.59 Å². The highest BCUT2D eigenvalue weighted by molar-refractivity contribution is 5.84. The van der Waals surface area contributed by atoms with Crippen LogP contribution in [0.15, 0.2) is 60.7 Å². The van der Waals surface area contributed by atoms with Crippen LogP contribution < -0.4 is 10.6 Å². The van der Waals surface area contributed by atoms with E-state index < -0.39 is 24.0 Å². The summed E-state index contributed by atoms with van der Waals surface area (Å²) in [6.07, 6.45) is 3.53. The molecule has 2 aromatic carbocycles. The first-order chi connectivity index (χ1) is 17.3. The van der Waals surface area contributed by atoms with E-state index in [1.165, 1.54) is 0 Å². The second kappa shape index (κ2) is 16.1. The number of carbonyl (C=O) groups is 4. The van der Waals surface area contributed by atoms with E-state index in [1.54, 1.807) is 13.8 Å². The third kappa shape index (κ3) is 11.6. The number of hydrogen-bond donors (Lipinski definition) is 2. The summed E-state index contributed by atoms with van der Waals surface area (Å²) in [4.78, 5) is 48.2. The molecule has 2 rings (SSSR count). The van der Waals surface area contributed by atoms with Crippen LogP contribution in [-0.2, 0) is 41.5 Å². The number of amides is 2. The molecule has 8 heteroatoms. The van der Waals surface area contributed by atoms with Gasteiger partial charge in [0.15, 0.2) is 0 Å². The molecule has 8 nitrogen and oxygen atoms in total. The van der Waals surface area contributed by atoms with Gasteiger partial charge in [-0.2, -0.15) is 0 Å². The molecule has 2 aromatic rings. The Morgan fingerprint density at radius 1 is 0.639 bits per heavy atom. The van der Waals surface area contributed by atoms with Crippen molar-refractivity contribution in [1.29, 1.82) is 0 Å². The molecule has 0 saturated heterocycles. The second-order valence-electron chi connectivity index (χ2n) is 8.59. The molecule has 194 valence electrons. The first-order valence-corrected chi connectivity index (χ1v) is 12.3. The van der Waals surface area contributed by atoms with Crippen molar-refractivity contribution >= 4 is 23.8 Å². The summed E-state index contributed by atoms with van der Waals surface area (Å²) in [5.41, 5.74) is 2.31. The molecule has 0 radical (unpaired) electrons. The maximum atomic E-state index is 12.1. The number of aryl methyl sites for hydroxylation is 2. The van der Waals surface area contributed by atoms with Crippen molar-refractivity contribution in [1.82, 2.24) is 10.6 Å². The van der Waals surface area contributed by atoms with Crippen molar-refractivity contribution in [3.05, 3.63) is 71.8 Å². The molecular weight excluding hydrogens is 460 g/mol. The molecule has 36 heavy (non-hydrogen) atoms. The predicted octanol–water partition coefficient (Wildman–Crippen LogP) is 3.13. The van der Waals surface area contributed by atoms with E-state index in [0.717, 1.165) is 24.0 Å². The van der Waals surface area contributed by atoms with Crippen LogP contribution in [0.25, 0.3) is 0 Å². The zero-order chi connectivity index (χ0) is 26.2. The molecular formula is C28H36N2O6. The first kappa shape index (κ1) is 28.6. The first-order valence-electron chi connectivity index (χ1n) is 12.3. The van der Waals surface area contributed by atoms with Crippen LogP contribution >= 0.6 is 0 Å². The van der Waals surface area contributed by atoms with Crippen LogP contribution in [0.3, 0.4) is 0 Å². The predicted molar refractivity (Wildman–Crippen MR) is 136 cm³/mol. The van der Waals surface area contributed by atoms with Gasteiger partial charge in [-0.1, -0.05) is 60.7 Å². The molecule has 2 unspecified atom stereocenters. The van der Waals surface area contributed by atoms with E-state index in [2.05, 4.69) is 10.6 Å². The van der Waals surface area contributed by atoms with Gasteiger partial charge in [-0.05, 0) is 50.7 Å². The van der Waals surface area contributed by atoms with Crippen molar-refractivity contribution in [2.45, 2.75) is 64.5 Å². The van der Waals surface area contributed by atoms with Crippen LogP contribution in [0.1, 0.15) is 50.7 Å². The molecule has 2 atom stereocenters. The van der Waals surface area contributed by atoms with Crippen molar-refractivity contribution in [2.75, 3.05) is 13.2 Å². The molecule has 0 heterocycles. The Balaban J connectivity index is 1.53. The number of esters is 2. The van der Waals surface area contributed by atoms with Crippen LogP contribution in [0.4, 0.5) is 0 Å². The Kier molecular flexibility index (Phi) is 12.8. The molecule has 0 aromatic heterocycles. The molecule has 0 bridgehead atoms. The Bertz CT molecular complexity index is 885. The van der Waals surface area contributed by atoms with Gasteiger partial charge in [0.25, 0.3) is 0 Å². The van der Waals surface area contributed by atoms with Gasteiger partial charge in [0.1, 0.15) is 25.3 Å². The van der Waals surface area contributed by atoms with Crippen LogP contribution in [0.2, 0.25) is 0 Å². The molecule has 0 fully saturated rings. The average molecular weight is 497 g/mol. The fourth-order valence-electron chi connectivity index (χ4n) is 3.48. The third-order valence-electron chi connectivity index (χ3n) is 5.46. The number of hydrogen-bond acceptors (Lipinski definition) is 6. The van der Waals surface area contributed by atoms with Gasteiger partial charge in [0, 0.05) is 12.8 Å². The summed E-state index contributed by atoms with van der Waals surface area (Å²) >= 11 is 0. The van der Waals surface area contributed by atoms with Crippen LogP contribution in [0.5, 0.6) is 0 Å². The fraction of sp³-hybridized carbons (Fsp3) is 0.429. The van der Waals surface area contributed by atoms with Gasteiger partial charge < -0.3 is 20.1 Å². The summed E-state index contributed by atoms with van der Waals surface area (Å²) in [6, 6.07) is 18.1. The zero-order valence-corrected chi connectivity index (χ0v) is 21.0. The maximum absolute atomic E-state index is 12.1. The number of nitrogens with one attached hydrogen (secondary N) is 2. The fourth-order valence-corrected chi connectivity index (χ4v) is 3.48. The number of benzene rings is 2. The molecule has 2 N–H and O–H groups in total. The summed E-state index contributed by atoms with van der Waals surface area (Å²) in [6.45, 7) is 2.80. The van der Waals surface area contributed by atoms with E-state index in [4.69, 9.17) is 9.47 Å². The monoisotopic (exact) mass is 496 g/mol. The topological polar surface area (TPSA) is 111 Å². The minimum Gasteiger partial charge on any atom is -0.461 e. The van der Waals surface area contributed by atoms with Gasteiger partial charge in [-0.25, -0.2) is 9.59 Å². The molecule has 0 aliphatic heterocycles. The normalized spacial score (nSPS) is 12.2. The minimum atomic E-state index is -0.806. The van der Waals surface area contributed by atoms with E-state index in [1.807, 2.05) is 60.7 Å². The molecule has 0 spiro atoms. The third-order valence-corrected chi connectivity index (χ3v) is 5.46. The summed E-state index contributed by atoms with van der Waals surface area (Å²) < 4.78 is 10.1. The Hall–Kier alpha value is -3.68. The quantitative estimate of drug-likeness (QED) is 0.290. The SMILES string of the molecule is CC(NC(=O)CCCc1ccccc1)C(=O)OCCOC(=O)C(C)NC(=O)CCCc1ccccc1. The lowest BCUT2D eigenvalue weighted by atomic mass is 10.1. The van der Waals surface area contributed by atoms with Gasteiger partial charge in [0.2, 0.25) is 11.8 Å². The lowest BCUT2D eigenvalue weighted by Gasteiger charge is -2.15. The lowest BCUT2D eigenvalue weighted by molar-refractivity contribution is -0.155. The highest BCUT2D eigenvalue weighted by atomic mass is 16.6. The Labute approximate surface area is 212 Å². The molecule has 2 amide bonds. The average Bonchev–Trinajstić information content (AvgIpc) is 2.87. The van der Waals surface area contributed by atoms with E-state index in [-0.39, 0.29) is 25.0 Å². The molecule has 0 aliphatic rings. The lowest BCUT2D eigenvalue weighted by Crippen LogP contribution is -2.41. The number of carbonyl (C=O) groups excluding carboxylic acids is 4. The largest absolute Gasteiger partial charge is 0.461 e. The minimum absolute atomic E-state index is 0.142. The van der Waals surface area contributed by atoms with Crippen LogP contribution in [0, 0.1) is 0 Å². The van der Waals surface area contributed by atoms with Gasteiger partial charge in [-0.15, -0.1) is 0 Å². The van der Waals surface area contributed by atoms with Crippen molar-refractivity contribution in [3.8, 4) is 0 Å². The Morgan fingerprint density at radius 2 is 1.00 bits per heavy atom. The van der Waals surface area contributed by atoms with Crippen molar-refractivity contribution in [3.63, 3.8) is 0 Å². The number of ether oxygens (including phenoxy) is 2. The maximum Gasteiger partial charge on any atom is 0.328 e. The molecule has 0 aliphatic carbocycles. The van der Waals surface area contributed by atoms with E-state index in [9.17, 15) is 19.2 Å². The second-order valence-corrected chi connectivity index (χ2v) is 8.59. The zero-order valence-electron chi connectivity index (χ0n) is 21.0. The number of rotatable bonds is 15. The van der Waals surface area contributed by atoms with Crippen molar-refractivity contribution < 1.29 is 28.7 Å². The van der Waals surface area contributed by atoms with E-state index >= 15 is 0 Å². The molecule has 0 saturated carbocycles. The van der Waals surface area contributed by atoms with Gasteiger partial charge in [0.05, 0.1) is 0 Å². The summed E-state index contributed by atoms with van der Waals surface area (Å²) in [5.74, 6) is -1.67. The van der Waals surface area contributed by atoms with E-state index in [0.29, 0.717) is 25.7 Å². The highest BCUT2D eigenvalue weighted by Crippen LogP contribution is 2.06. The highest BCUT2D eigenvalue weighted by Gasteiger charge is 2.19. The van der Waals surface area contributed by atoms with Gasteiger partial charge >= 0.3 is 11.9 Å². The Morgan fingerprint density at radius 3 is 1.36 bits per heavy atom. The summed E-state index contributed by atoms with van der Waals surface area (Å²) in [5, 5.41) is 5.23. The van der Waals surface area contributed by atoms with Crippen LogP contribution in [-0.4, -0.2) is 49.1 Å². The smallest absolute Gasteiger partial charge is 0.328 e. The standard InChI is InChI=1S/C28H36N2O6/c1-21(29-25(31)17-9-15-23-11-5-3-6-12-23)27(33)35-19-20-36-28(34)22(2)30-26(32)18-10-16-24-13-7-4-8-14-24/h3-8,11-14,21-22H,9-10,15-20H2,1-2H3,(H,29,31)(H,30,32). The van der Waals surface area contributed by atoms with Crippen molar-refractivity contribution in [2.24, 2.45) is 0 Å². The summed E-state index contributed by atoms with van der Waals surface area (Å²) in [7, 11) is 0.